The first-order chi connectivity index (χ1) is 14.4. The maximum Gasteiger partial charge on any atom is 0.243 e. The van der Waals surface area contributed by atoms with Crippen molar-refractivity contribution in [3.05, 3.63) is 59.9 Å². The number of nitrogens with zero attached hydrogens (tertiary/aromatic N) is 3. The highest BCUT2D eigenvalue weighted by Gasteiger charge is 2.21. The molecule has 0 atom stereocenters. The molecule has 0 aliphatic carbocycles. The quantitative estimate of drug-likeness (QED) is 0.568. The van der Waals surface area contributed by atoms with Crippen molar-refractivity contribution in [2.45, 2.75) is 38.1 Å². The number of hydrogen-bond acceptors (Lipinski definition) is 4. The van der Waals surface area contributed by atoms with E-state index >= 15 is 0 Å². The van der Waals surface area contributed by atoms with Gasteiger partial charge in [-0.1, -0.05) is 38.1 Å². The molecule has 7 nitrogen and oxygen atoms in total. The lowest BCUT2D eigenvalue weighted by Gasteiger charge is -2.18. The Morgan fingerprint density at radius 2 is 1.73 bits per heavy atom. The molecule has 0 unspecified atom stereocenters. The van der Waals surface area contributed by atoms with Gasteiger partial charge >= 0.3 is 0 Å². The third kappa shape index (κ3) is 4.71. The number of sulfonamides is 1. The molecule has 0 fully saturated rings. The fraction of sp³-hybridized carbons (Fsp3) is 0.364. The molecule has 1 N–H and O–H groups in total. The molecule has 0 saturated carbocycles. The summed E-state index contributed by atoms with van der Waals surface area (Å²) in [7, 11) is -1.52. The predicted octanol–water partition coefficient (Wildman–Crippen LogP) is 2.85. The molecule has 0 bridgehead atoms. The van der Waals surface area contributed by atoms with E-state index in [2.05, 4.69) is 10.3 Å². The van der Waals surface area contributed by atoms with Crippen LogP contribution in [0.1, 0.15) is 31.7 Å². The topological polar surface area (TPSA) is 84.3 Å². The molecule has 160 valence electrons. The van der Waals surface area contributed by atoms with Crippen LogP contribution in [0.2, 0.25) is 0 Å². The Kier molecular flexibility index (Phi) is 6.89. The normalized spacial score (nSPS) is 11.9. The van der Waals surface area contributed by atoms with E-state index in [1.807, 2.05) is 49.7 Å². The van der Waals surface area contributed by atoms with Crippen LogP contribution in [-0.4, -0.2) is 41.3 Å². The monoisotopic (exact) mass is 428 g/mol. The van der Waals surface area contributed by atoms with Crippen molar-refractivity contribution >= 4 is 27.0 Å². The molecule has 0 saturated heterocycles. The number of aryl methyl sites for hydroxylation is 2. The highest BCUT2D eigenvalue weighted by Crippen LogP contribution is 2.17. The van der Waals surface area contributed by atoms with Gasteiger partial charge in [0.15, 0.2) is 0 Å². The van der Waals surface area contributed by atoms with Gasteiger partial charge in [-0.05, 0) is 36.2 Å². The Morgan fingerprint density at radius 1 is 1.07 bits per heavy atom. The van der Waals surface area contributed by atoms with E-state index in [4.69, 9.17) is 0 Å². The summed E-state index contributed by atoms with van der Waals surface area (Å²) >= 11 is 0. The lowest BCUT2D eigenvalue weighted by molar-refractivity contribution is -0.121. The maximum absolute atomic E-state index is 12.5. The van der Waals surface area contributed by atoms with Gasteiger partial charge in [-0.25, -0.2) is 13.4 Å². The number of carbonyl (C=O) groups is 1. The van der Waals surface area contributed by atoms with Gasteiger partial charge in [0.2, 0.25) is 15.9 Å². The molecule has 0 aliphatic rings. The standard InChI is InChI=1S/C22H28N4O3S/c1-4-26(5-2)30(28,29)18-13-10-17(11-14-18)12-15-22(27)23-16-21-24-19-8-6-7-9-20(19)25(21)3/h6-11,13-14H,4-5,12,15-16H2,1-3H3,(H,23,27). The summed E-state index contributed by atoms with van der Waals surface area (Å²) in [6.07, 6.45) is 0.867. The van der Waals surface area contributed by atoms with Gasteiger partial charge in [-0.2, -0.15) is 4.31 Å². The first-order valence-corrected chi connectivity index (χ1v) is 11.6. The minimum atomic E-state index is -3.46. The minimum absolute atomic E-state index is 0.0677. The van der Waals surface area contributed by atoms with E-state index in [0.717, 1.165) is 22.4 Å². The molecule has 3 rings (SSSR count). The smallest absolute Gasteiger partial charge is 0.243 e. The summed E-state index contributed by atoms with van der Waals surface area (Å²) in [5, 5.41) is 2.91. The predicted molar refractivity (Wildman–Crippen MR) is 117 cm³/mol. The molecule has 3 aromatic rings. The van der Waals surface area contributed by atoms with Crippen molar-refractivity contribution in [3.8, 4) is 0 Å². The number of nitrogens with one attached hydrogen (secondary N) is 1. The second kappa shape index (κ2) is 9.40. The second-order valence-corrected chi connectivity index (χ2v) is 9.02. The third-order valence-electron chi connectivity index (χ3n) is 5.23. The van der Waals surface area contributed by atoms with Crippen LogP contribution >= 0.6 is 0 Å². The summed E-state index contributed by atoms with van der Waals surface area (Å²) in [4.78, 5) is 17.1. The molecule has 1 heterocycles. The van der Waals surface area contributed by atoms with Gasteiger partial charge in [0, 0.05) is 26.6 Å². The average molecular weight is 429 g/mol. The number of hydrogen-bond donors (Lipinski definition) is 1. The van der Waals surface area contributed by atoms with Gasteiger partial charge in [-0.15, -0.1) is 0 Å². The lowest BCUT2D eigenvalue weighted by Crippen LogP contribution is -2.30. The van der Waals surface area contributed by atoms with Crippen molar-refractivity contribution in [1.29, 1.82) is 0 Å². The SMILES string of the molecule is CCN(CC)S(=O)(=O)c1ccc(CCC(=O)NCc2nc3ccccc3n2C)cc1. The fourth-order valence-corrected chi connectivity index (χ4v) is 4.88. The number of imidazole rings is 1. The van der Waals surface area contributed by atoms with E-state index in [-0.39, 0.29) is 10.8 Å². The van der Waals surface area contributed by atoms with Crippen LogP contribution in [0.3, 0.4) is 0 Å². The summed E-state index contributed by atoms with van der Waals surface area (Å²) in [5.74, 6) is 0.734. The first kappa shape index (κ1) is 22.0. The number of carbonyl (C=O) groups excluding carboxylic acids is 1. The first-order valence-electron chi connectivity index (χ1n) is 10.1. The second-order valence-electron chi connectivity index (χ2n) is 7.09. The van der Waals surface area contributed by atoms with Gasteiger partial charge in [0.25, 0.3) is 0 Å². The average Bonchev–Trinajstić information content (AvgIpc) is 3.07. The molecule has 8 heteroatoms. The number of rotatable bonds is 9. The Hall–Kier alpha value is -2.71. The lowest BCUT2D eigenvalue weighted by atomic mass is 10.1. The van der Waals surface area contributed by atoms with Gasteiger partial charge < -0.3 is 9.88 Å². The molecule has 1 amide bonds. The molecule has 1 aromatic heterocycles. The highest BCUT2D eigenvalue weighted by atomic mass is 32.2. The zero-order valence-corrected chi connectivity index (χ0v) is 18.4. The summed E-state index contributed by atoms with van der Waals surface area (Å²) in [6, 6.07) is 14.6. The number of benzene rings is 2. The maximum atomic E-state index is 12.5. The minimum Gasteiger partial charge on any atom is -0.349 e. The van der Waals surface area contributed by atoms with E-state index in [0.29, 0.717) is 32.5 Å². The van der Waals surface area contributed by atoms with Crippen molar-refractivity contribution in [2.24, 2.45) is 7.05 Å². The molecule has 0 radical (unpaired) electrons. The number of fused-ring (bicyclic) bond motifs is 1. The molecule has 0 spiro atoms. The Morgan fingerprint density at radius 3 is 2.37 bits per heavy atom. The zero-order valence-electron chi connectivity index (χ0n) is 17.6. The number of para-hydroxylation sites is 2. The summed E-state index contributed by atoms with van der Waals surface area (Å²) in [5.41, 5.74) is 2.86. The largest absolute Gasteiger partial charge is 0.349 e. The zero-order chi connectivity index (χ0) is 21.7. The Labute approximate surface area is 177 Å². The van der Waals surface area contributed by atoms with Crippen LogP contribution in [-0.2, 0) is 34.8 Å². The number of aromatic nitrogens is 2. The molecule has 2 aromatic carbocycles. The van der Waals surface area contributed by atoms with Crippen LogP contribution in [0, 0.1) is 0 Å². The van der Waals surface area contributed by atoms with Crippen molar-refractivity contribution < 1.29 is 13.2 Å². The third-order valence-corrected chi connectivity index (χ3v) is 7.29. The molecular weight excluding hydrogens is 400 g/mol. The molecular formula is C22H28N4O3S. The van der Waals surface area contributed by atoms with E-state index in [9.17, 15) is 13.2 Å². The van der Waals surface area contributed by atoms with Crippen LogP contribution in [0.15, 0.2) is 53.4 Å². The van der Waals surface area contributed by atoms with E-state index < -0.39 is 10.0 Å². The van der Waals surface area contributed by atoms with Gasteiger partial charge in [0.1, 0.15) is 5.82 Å². The molecule has 0 aliphatic heterocycles. The van der Waals surface area contributed by atoms with Crippen LogP contribution < -0.4 is 5.32 Å². The van der Waals surface area contributed by atoms with Crippen molar-refractivity contribution in [1.82, 2.24) is 19.2 Å². The highest BCUT2D eigenvalue weighted by molar-refractivity contribution is 7.89. The van der Waals surface area contributed by atoms with E-state index in [1.165, 1.54) is 4.31 Å². The summed E-state index contributed by atoms with van der Waals surface area (Å²) in [6.45, 7) is 4.88. The number of amides is 1. The van der Waals surface area contributed by atoms with Crippen LogP contribution in [0.4, 0.5) is 0 Å². The Balaban J connectivity index is 1.55. The van der Waals surface area contributed by atoms with E-state index in [1.54, 1.807) is 24.3 Å². The van der Waals surface area contributed by atoms with Gasteiger partial charge in [0.05, 0.1) is 22.5 Å². The van der Waals surface area contributed by atoms with Crippen molar-refractivity contribution in [3.63, 3.8) is 0 Å². The van der Waals surface area contributed by atoms with Crippen LogP contribution in [0.5, 0.6) is 0 Å². The summed E-state index contributed by atoms with van der Waals surface area (Å²) < 4.78 is 28.5. The van der Waals surface area contributed by atoms with Crippen molar-refractivity contribution in [2.75, 3.05) is 13.1 Å². The Bertz CT molecular complexity index is 1120. The fourth-order valence-electron chi connectivity index (χ4n) is 3.42. The molecule has 30 heavy (non-hydrogen) atoms. The van der Waals surface area contributed by atoms with Crippen LogP contribution in [0.25, 0.3) is 11.0 Å². The van der Waals surface area contributed by atoms with Gasteiger partial charge in [-0.3, -0.25) is 4.79 Å².